The second kappa shape index (κ2) is 9.68. The summed E-state index contributed by atoms with van der Waals surface area (Å²) in [6, 6.07) is 11.1. The van der Waals surface area contributed by atoms with E-state index >= 15 is 0 Å². The van der Waals surface area contributed by atoms with E-state index in [9.17, 15) is 0 Å². The van der Waals surface area contributed by atoms with Crippen LogP contribution in [0.4, 0.5) is 0 Å². The smallest absolute Gasteiger partial charge is 0.194 e. The van der Waals surface area contributed by atoms with Crippen LogP contribution in [0.15, 0.2) is 41.1 Å². The van der Waals surface area contributed by atoms with E-state index in [1.807, 2.05) is 6.07 Å². The third kappa shape index (κ3) is 4.56. The molecule has 0 radical (unpaired) electrons. The Morgan fingerprint density at radius 1 is 1.00 bits per heavy atom. The number of rotatable bonds is 5. The summed E-state index contributed by atoms with van der Waals surface area (Å²) in [6.45, 7) is 10.3. The van der Waals surface area contributed by atoms with Gasteiger partial charge in [0.15, 0.2) is 4.96 Å². The van der Waals surface area contributed by atoms with Gasteiger partial charge in [0.2, 0.25) is 0 Å². The Kier molecular flexibility index (Phi) is 6.25. The van der Waals surface area contributed by atoms with Crippen LogP contribution in [0.3, 0.4) is 0 Å². The van der Waals surface area contributed by atoms with Gasteiger partial charge >= 0.3 is 0 Å². The van der Waals surface area contributed by atoms with E-state index in [0.717, 1.165) is 84.5 Å². The summed E-state index contributed by atoms with van der Waals surface area (Å²) < 4.78 is 13.4. The second-order valence-corrected chi connectivity index (χ2v) is 13.5. The first kappa shape index (κ1) is 25.2. The van der Waals surface area contributed by atoms with Crippen molar-refractivity contribution in [2.45, 2.75) is 70.3 Å². The monoisotopic (exact) mass is 543 g/mol. The maximum atomic E-state index is 9.04. The Hall–Kier alpha value is -2.81. The van der Waals surface area contributed by atoms with Gasteiger partial charge in [-0.2, -0.15) is 0 Å². The average molecular weight is 544 g/mol. The molecule has 0 spiro atoms. The van der Waals surface area contributed by atoms with E-state index in [1.165, 1.54) is 23.4 Å². The molecule has 0 amide bonds. The first-order chi connectivity index (χ1) is 18.8. The zero-order valence-corrected chi connectivity index (χ0v) is 23.9. The van der Waals surface area contributed by atoms with Crippen molar-refractivity contribution in [3.8, 4) is 22.5 Å². The quantitative estimate of drug-likeness (QED) is 0.288. The van der Waals surface area contributed by atoms with Crippen molar-refractivity contribution in [1.82, 2.24) is 19.4 Å². The van der Waals surface area contributed by atoms with Crippen LogP contribution in [0.2, 0.25) is 0 Å². The zero-order chi connectivity index (χ0) is 26.7. The molecule has 1 unspecified atom stereocenters. The van der Waals surface area contributed by atoms with Crippen LogP contribution in [0.5, 0.6) is 0 Å². The summed E-state index contributed by atoms with van der Waals surface area (Å²) in [7, 11) is 0. The molecule has 1 atom stereocenters. The minimum absolute atomic E-state index is 0.0606. The lowest BCUT2D eigenvalue weighted by atomic mass is 9.73. The zero-order valence-electron chi connectivity index (χ0n) is 23.1. The molecule has 204 valence electrons. The highest BCUT2D eigenvalue weighted by molar-refractivity contribution is 7.17. The third-order valence-corrected chi connectivity index (χ3v) is 10.2. The van der Waals surface area contributed by atoms with Crippen molar-refractivity contribution in [2.24, 2.45) is 5.92 Å². The minimum Gasteiger partial charge on any atom is -0.379 e. The van der Waals surface area contributed by atoms with E-state index < -0.39 is 0 Å². The van der Waals surface area contributed by atoms with Crippen LogP contribution in [-0.4, -0.2) is 57.5 Å². The van der Waals surface area contributed by atoms with Gasteiger partial charge in [0, 0.05) is 76.6 Å². The molecule has 2 aliphatic carbocycles. The fourth-order valence-corrected chi connectivity index (χ4v) is 7.73. The van der Waals surface area contributed by atoms with E-state index in [2.05, 4.69) is 65.7 Å². The molecule has 3 aromatic heterocycles. The van der Waals surface area contributed by atoms with Crippen LogP contribution in [0.1, 0.15) is 68.7 Å². The molecule has 7 rings (SSSR count). The molecule has 8 heteroatoms. The predicted molar refractivity (Wildman–Crippen MR) is 155 cm³/mol. The van der Waals surface area contributed by atoms with Crippen LogP contribution < -0.4 is 0 Å². The van der Waals surface area contributed by atoms with Gasteiger partial charge in [0.1, 0.15) is 11.5 Å². The average Bonchev–Trinajstić information content (AvgIpc) is 3.65. The fourth-order valence-electron chi connectivity index (χ4n) is 6.48. The summed E-state index contributed by atoms with van der Waals surface area (Å²) in [4.78, 5) is 9.99. The number of thiazole rings is 1. The van der Waals surface area contributed by atoms with Crippen LogP contribution in [0, 0.1) is 11.3 Å². The Morgan fingerprint density at radius 2 is 1.69 bits per heavy atom. The molecule has 1 aromatic carbocycles. The molecule has 2 fully saturated rings. The van der Waals surface area contributed by atoms with Gasteiger partial charge in [-0.25, -0.2) is 4.98 Å². The molecule has 3 aliphatic rings. The molecule has 4 aromatic rings. The Balaban J connectivity index is 1.02. The number of hydrogen-bond acceptors (Lipinski definition) is 7. The van der Waals surface area contributed by atoms with Crippen molar-refractivity contribution < 1.29 is 9.26 Å². The number of imidazole rings is 1. The number of benzene rings is 1. The van der Waals surface area contributed by atoms with Gasteiger partial charge in [-0.15, -0.1) is 11.3 Å². The molecule has 1 saturated carbocycles. The lowest BCUT2D eigenvalue weighted by Crippen LogP contribution is -2.45. The van der Waals surface area contributed by atoms with Crippen molar-refractivity contribution >= 4 is 22.0 Å². The molecular weight excluding hydrogens is 506 g/mol. The molecule has 1 saturated heterocycles. The summed E-state index contributed by atoms with van der Waals surface area (Å²) in [5.41, 5.74) is 6.25. The largest absolute Gasteiger partial charge is 0.379 e. The SMILES string of the molecule is CC(C)(C)c1cc(-c2ccc(-c3cn4c5c(sc4n3)C(C(=N)[C@H]3CC[C@H](N4CCOCC4)CC3)C5)cc2)no1. The number of aromatic nitrogens is 3. The van der Waals surface area contributed by atoms with E-state index in [1.54, 1.807) is 11.3 Å². The number of hydrogen-bond donors (Lipinski definition) is 1. The molecule has 39 heavy (non-hydrogen) atoms. The maximum Gasteiger partial charge on any atom is 0.194 e. The number of nitrogens with one attached hydrogen (secondary N) is 1. The molecule has 7 nitrogen and oxygen atoms in total. The molecule has 1 aliphatic heterocycles. The van der Waals surface area contributed by atoms with E-state index in [4.69, 9.17) is 19.7 Å². The van der Waals surface area contributed by atoms with Gasteiger partial charge < -0.3 is 14.7 Å². The van der Waals surface area contributed by atoms with Crippen molar-refractivity contribution in [3.05, 3.63) is 52.9 Å². The predicted octanol–water partition coefficient (Wildman–Crippen LogP) is 6.57. The van der Waals surface area contributed by atoms with E-state index in [-0.39, 0.29) is 5.41 Å². The second-order valence-electron chi connectivity index (χ2n) is 12.5. The minimum atomic E-state index is -0.0606. The highest BCUT2D eigenvalue weighted by Gasteiger charge is 2.39. The molecular formula is C31H37N5O2S. The van der Waals surface area contributed by atoms with Crippen LogP contribution in [-0.2, 0) is 16.6 Å². The van der Waals surface area contributed by atoms with Crippen LogP contribution in [0.25, 0.3) is 27.5 Å². The standard InChI is InChI=1S/C31H37N5O2S/c1-31(2,3)27-17-24(34-38-27)19-4-6-20(7-5-19)25-18-36-26-16-23(29(26)39-30(36)33-25)28(32)21-8-10-22(11-9-21)35-12-14-37-15-13-35/h4-7,17-18,21-23,32H,8-16H2,1-3H3/t21-,22-,23?. The van der Waals surface area contributed by atoms with Gasteiger partial charge in [-0.1, -0.05) is 50.2 Å². The van der Waals surface area contributed by atoms with Crippen LogP contribution >= 0.6 is 11.3 Å². The Morgan fingerprint density at radius 3 is 2.36 bits per heavy atom. The lowest BCUT2D eigenvalue weighted by molar-refractivity contribution is 0.00686. The van der Waals surface area contributed by atoms with E-state index in [0.29, 0.717) is 17.9 Å². The normalized spacial score (nSPS) is 24.0. The van der Waals surface area contributed by atoms with Crippen molar-refractivity contribution in [2.75, 3.05) is 26.3 Å². The molecule has 0 bridgehead atoms. The Labute approximate surface area is 233 Å². The summed E-state index contributed by atoms with van der Waals surface area (Å²) in [6.07, 6.45) is 7.88. The molecule has 1 N–H and O–H groups in total. The summed E-state index contributed by atoms with van der Waals surface area (Å²) >= 11 is 1.78. The number of ether oxygens (including phenoxy) is 1. The fraction of sp³-hybridized carbons (Fsp3) is 0.516. The highest BCUT2D eigenvalue weighted by Crippen LogP contribution is 2.46. The van der Waals surface area contributed by atoms with Gasteiger partial charge in [-0.3, -0.25) is 9.30 Å². The van der Waals surface area contributed by atoms with Crippen molar-refractivity contribution in [3.63, 3.8) is 0 Å². The Bertz CT molecular complexity index is 1490. The topological polar surface area (TPSA) is 79.7 Å². The summed E-state index contributed by atoms with van der Waals surface area (Å²) in [5, 5.41) is 13.3. The first-order valence-electron chi connectivity index (χ1n) is 14.3. The molecule has 4 heterocycles. The number of nitrogens with zero attached hydrogens (tertiary/aromatic N) is 4. The highest BCUT2D eigenvalue weighted by atomic mass is 32.1. The number of fused-ring (bicyclic) bond motifs is 3. The number of morpholine rings is 1. The van der Waals surface area contributed by atoms with Gasteiger partial charge in [0.05, 0.1) is 18.9 Å². The van der Waals surface area contributed by atoms with Gasteiger partial charge in [0.25, 0.3) is 0 Å². The van der Waals surface area contributed by atoms with Gasteiger partial charge in [-0.05, 0) is 31.6 Å². The first-order valence-corrected chi connectivity index (χ1v) is 15.2. The van der Waals surface area contributed by atoms with Crippen molar-refractivity contribution in [1.29, 1.82) is 5.41 Å². The third-order valence-electron chi connectivity index (χ3n) is 8.96. The summed E-state index contributed by atoms with van der Waals surface area (Å²) in [5.74, 6) is 1.62. The lowest BCUT2D eigenvalue weighted by Gasteiger charge is -2.40. The maximum absolute atomic E-state index is 9.04.